The van der Waals surface area contributed by atoms with Crippen LogP contribution in [-0.4, -0.2) is 21.0 Å². The van der Waals surface area contributed by atoms with Crippen LogP contribution in [0.5, 0.6) is 0 Å². The van der Waals surface area contributed by atoms with Crippen molar-refractivity contribution in [3.05, 3.63) is 96.1 Å². The van der Waals surface area contributed by atoms with Gasteiger partial charge in [-0.2, -0.15) is 0 Å². The lowest BCUT2D eigenvalue weighted by Gasteiger charge is -2.20. The quantitative estimate of drug-likeness (QED) is 0.621. The predicted molar refractivity (Wildman–Crippen MR) is 110 cm³/mol. The van der Waals surface area contributed by atoms with Crippen LogP contribution in [0.25, 0.3) is 0 Å². The molecule has 0 fully saturated rings. The molecule has 0 heterocycles. The molecule has 0 amide bonds. The van der Waals surface area contributed by atoms with Gasteiger partial charge in [-0.25, -0.2) is 13.1 Å². The Bertz CT molecular complexity index is 941. The van der Waals surface area contributed by atoms with Gasteiger partial charge in [0, 0.05) is 18.3 Å². The molecule has 2 N–H and O–H groups in total. The average molecular weight is 381 g/mol. The molecule has 3 aromatic rings. The lowest BCUT2D eigenvalue weighted by Crippen LogP contribution is -2.41. The predicted octanol–water partition coefficient (Wildman–Crippen LogP) is 4.00. The van der Waals surface area contributed by atoms with Crippen LogP contribution in [-0.2, 0) is 16.4 Å². The molecule has 3 rings (SSSR count). The molecular weight excluding hydrogens is 356 g/mol. The molecule has 1 unspecified atom stereocenters. The van der Waals surface area contributed by atoms with Crippen LogP contribution < -0.4 is 10.0 Å². The second kappa shape index (κ2) is 8.84. The minimum atomic E-state index is -3.59. The number of para-hydroxylation sites is 1. The van der Waals surface area contributed by atoms with Gasteiger partial charge in [0.25, 0.3) is 0 Å². The normalized spacial score (nSPS) is 12.5. The van der Waals surface area contributed by atoms with E-state index in [1.165, 1.54) is 0 Å². The van der Waals surface area contributed by atoms with Gasteiger partial charge in [-0.3, -0.25) is 0 Å². The minimum Gasteiger partial charge on any atom is -0.383 e. The maximum atomic E-state index is 12.8. The Morgan fingerprint density at radius 2 is 1.41 bits per heavy atom. The summed E-state index contributed by atoms with van der Waals surface area (Å²) in [6.45, 7) is 2.43. The van der Waals surface area contributed by atoms with Crippen molar-refractivity contribution < 1.29 is 8.42 Å². The molecule has 0 aliphatic carbocycles. The average Bonchev–Trinajstić information content (AvgIpc) is 2.68. The van der Waals surface area contributed by atoms with E-state index in [0.717, 1.165) is 16.8 Å². The van der Waals surface area contributed by atoms with Crippen molar-refractivity contribution in [3.63, 3.8) is 0 Å². The maximum absolute atomic E-state index is 12.8. The summed E-state index contributed by atoms with van der Waals surface area (Å²) in [6, 6.07) is 26.3. The Balaban J connectivity index is 1.76. The zero-order valence-electron chi connectivity index (χ0n) is 15.3. The van der Waals surface area contributed by atoms with Crippen molar-refractivity contribution in [2.24, 2.45) is 0 Å². The van der Waals surface area contributed by atoms with Crippen LogP contribution in [0.3, 0.4) is 0 Å². The second-order valence-electron chi connectivity index (χ2n) is 6.57. The van der Waals surface area contributed by atoms with Gasteiger partial charge in [-0.1, -0.05) is 66.2 Å². The lowest BCUT2D eigenvalue weighted by atomic mass is 10.1. The van der Waals surface area contributed by atoms with Crippen molar-refractivity contribution in [2.45, 2.75) is 24.3 Å². The molecule has 0 saturated carbocycles. The summed E-state index contributed by atoms with van der Waals surface area (Å²) in [5.41, 5.74) is 3.08. The number of benzene rings is 3. The highest BCUT2D eigenvalue weighted by Gasteiger charge is 2.20. The molecule has 0 aliphatic rings. The van der Waals surface area contributed by atoms with Crippen molar-refractivity contribution in [3.8, 4) is 0 Å². The van der Waals surface area contributed by atoms with Gasteiger partial charge < -0.3 is 5.32 Å². The largest absolute Gasteiger partial charge is 0.383 e. The lowest BCUT2D eigenvalue weighted by molar-refractivity contribution is 0.553. The molecule has 1 atom stereocenters. The van der Waals surface area contributed by atoms with Crippen LogP contribution in [0.4, 0.5) is 5.69 Å². The molecule has 4 nitrogen and oxygen atoms in total. The van der Waals surface area contributed by atoms with Crippen molar-refractivity contribution in [1.82, 2.24) is 4.72 Å². The summed E-state index contributed by atoms with van der Waals surface area (Å²) in [5.74, 6) is 0. The van der Waals surface area contributed by atoms with Gasteiger partial charge in [0.15, 0.2) is 0 Å². The molecule has 0 aromatic heterocycles. The Labute approximate surface area is 161 Å². The summed E-state index contributed by atoms with van der Waals surface area (Å²) >= 11 is 0. The maximum Gasteiger partial charge on any atom is 0.240 e. The molecule has 0 radical (unpaired) electrons. The van der Waals surface area contributed by atoms with Crippen molar-refractivity contribution in [2.75, 3.05) is 11.9 Å². The Kier molecular flexibility index (Phi) is 6.27. The highest BCUT2D eigenvalue weighted by Crippen LogP contribution is 2.13. The van der Waals surface area contributed by atoms with E-state index in [2.05, 4.69) is 10.0 Å². The van der Waals surface area contributed by atoms with Crippen molar-refractivity contribution >= 4 is 15.7 Å². The van der Waals surface area contributed by atoms with E-state index in [9.17, 15) is 8.42 Å². The first-order chi connectivity index (χ1) is 13.0. The van der Waals surface area contributed by atoms with E-state index in [1.54, 1.807) is 12.1 Å². The minimum absolute atomic E-state index is 0.279. The Morgan fingerprint density at radius 3 is 2.04 bits per heavy atom. The third kappa shape index (κ3) is 5.67. The van der Waals surface area contributed by atoms with Crippen LogP contribution in [0.15, 0.2) is 89.8 Å². The van der Waals surface area contributed by atoms with Crippen LogP contribution in [0, 0.1) is 6.92 Å². The molecule has 0 saturated heterocycles. The van der Waals surface area contributed by atoms with Crippen molar-refractivity contribution in [1.29, 1.82) is 0 Å². The summed E-state index contributed by atoms with van der Waals surface area (Å²) in [4.78, 5) is 0.283. The number of sulfonamides is 1. The van der Waals surface area contributed by atoms with Crippen LogP contribution in [0.2, 0.25) is 0 Å². The van der Waals surface area contributed by atoms with Gasteiger partial charge in [-0.05, 0) is 43.2 Å². The standard InChI is InChI=1S/C22H24N2O2S/c1-18-12-14-22(15-13-18)27(25,26)24-21(16-19-8-4-2-5-9-19)17-23-20-10-6-3-7-11-20/h2-15,21,23-24H,16-17H2,1H3. The molecule has 0 bridgehead atoms. The van der Waals surface area contributed by atoms with E-state index in [4.69, 9.17) is 0 Å². The number of aryl methyl sites for hydroxylation is 1. The molecule has 0 aliphatic heterocycles. The zero-order valence-corrected chi connectivity index (χ0v) is 16.1. The second-order valence-corrected chi connectivity index (χ2v) is 8.28. The Hall–Kier alpha value is -2.63. The van der Waals surface area contributed by atoms with Gasteiger partial charge in [0.1, 0.15) is 0 Å². The first kappa shape index (κ1) is 19.1. The molecule has 27 heavy (non-hydrogen) atoms. The third-order valence-corrected chi connectivity index (χ3v) is 5.84. The molecule has 140 valence electrons. The smallest absolute Gasteiger partial charge is 0.240 e. The summed E-state index contributed by atoms with van der Waals surface area (Å²) in [6.07, 6.45) is 0.603. The topological polar surface area (TPSA) is 58.2 Å². The fourth-order valence-corrected chi connectivity index (χ4v) is 4.09. The van der Waals surface area contributed by atoms with E-state index in [0.29, 0.717) is 13.0 Å². The fourth-order valence-electron chi connectivity index (χ4n) is 2.86. The van der Waals surface area contributed by atoms with E-state index in [1.807, 2.05) is 79.7 Å². The highest BCUT2D eigenvalue weighted by molar-refractivity contribution is 7.89. The van der Waals surface area contributed by atoms with Gasteiger partial charge in [0.2, 0.25) is 10.0 Å². The number of anilines is 1. The third-order valence-electron chi connectivity index (χ3n) is 4.30. The number of nitrogens with one attached hydrogen (secondary N) is 2. The van der Waals surface area contributed by atoms with Gasteiger partial charge >= 0.3 is 0 Å². The fraction of sp³-hybridized carbons (Fsp3) is 0.182. The SMILES string of the molecule is Cc1ccc(S(=O)(=O)NC(CNc2ccccc2)Cc2ccccc2)cc1. The molecule has 0 spiro atoms. The summed E-state index contributed by atoms with van der Waals surface area (Å²) < 4.78 is 28.5. The Morgan fingerprint density at radius 1 is 0.815 bits per heavy atom. The zero-order chi connectivity index (χ0) is 19.1. The molecule has 3 aromatic carbocycles. The number of hydrogen-bond acceptors (Lipinski definition) is 3. The highest BCUT2D eigenvalue weighted by atomic mass is 32.2. The van der Waals surface area contributed by atoms with Crippen LogP contribution in [0.1, 0.15) is 11.1 Å². The van der Waals surface area contributed by atoms with E-state index in [-0.39, 0.29) is 10.9 Å². The van der Waals surface area contributed by atoms with E-state index < -0.39 is 10.0 Å². The summed E-state index contributed by atoms with van der Waals surface area (Å²) in [5, 5.41) is 3.32. The summed E-state index contributed by atoms with van der Waals surface area (Å²) in [7, 11) is -3.59. The molecular formula is C22H24N2O2S. The number of hydrogen-bond donors (Lipinski definition) is 2. The first-order valence-corrected chi connectivity index (χ1v) is 10.4. The van der Waals surface area contributed by atoms with E-state index >= 15 is 0 Å². The molecule has 5 heteroatoms. The van der Waals surface area contributed by atoms with Gasteiger partial charge in [0.05, 0.1) is 4.90 Å². The monoisotopic (exact) mass is 380 g/mol. The number of rotatable bonds is 8. The first-order valence-electron chi connectivity index (χ1n) is 8.95. The van der Waals surface area contributed by atoms with Gasteiger partial charge in [-0.15, -0.1) is 0 Å². The van der Waals surface area contributed by atoms with Crippen LogP contribution >= 0.6 is 0 Å².